The van der Waals surface area contributed by atoms with Crippen LogP contribution >= 0.6 is 11.8 Å². The van der Waals surface area contributed by atoms with E-state index in [2.05, 4.69) is 6.26 Å². The monoisotopic (exact) mass is 281 g/mol. The maximum absolute atomic E-state index is 10.7. The van der Waals surface area contributed by atoms with Crippen LogP contribution in [0, 0.1) is 0 Å². The second-order valence-electron chi connectivity index (χ2n) is 5.11. The highest BCUT2D eigenvalue weighted by Crippen LogP contribution is 2.41. The molecule has 19 heavy (non-hydrogen) atoms. The van der Waals surface area contributed by atoms with Crippen molar-refractivity contribution >= 4 is 11.8 Å². The summed E-state index contributed by atoms with van der Waals surface area (Å²) in [4.78, 5) is 0. The Kier molecular flexibility index (Phi) is 5.13. The normalized spacial score (nSPS) is 23.5. The summed E-state index contributed by atoms with van der Waals surface area (Å²) in [7, 11) is 0. The van der Waals surface area contributed by atoms with Gasteiger partial charge in [0.05, 0.1) is 12.7 Å². The van der Waals surface area contributed by atoms with Gasteiger partial charge in [0.2, 0.25) is 0 Å². The van der Waals surface area contributed by atoms with Gasteiger partial charge in [-0.1, -0.05) is 18.2 Å². The van der Waals surface area contributed by atoms with Crippen LogP contribution in [0.25, 0.3) is 0 Å². The summed E-state index contributed by atoms with van der Waals surface area (Å²) in [6.07, 6.45) is 4.31. The number of thioether (sulfide) groups is 1. The van der Waals surface area contributed by atoms with Crippen molar-refractivity contribution in [2.45, 2.75) is 30.8 Å². The summed E-state index contributed by atoms with van der Waals surface area (Å²) in [6, 6.07) is 7.96. The lowest BCUT2D eigenvalue weighted by Gasteiger charge is -2.41. The van der Waals surface area contributed by atoms with E-state index in [4.69, 9.17) is 10.5 Å². The standard InChI is InChI=1S/C15H23NO2S/c1-19-10-4-7-14(17)15(11-16)8-9-18-13-6-3-2-5-12(13)15/h2-3,5-6,14,17H,4,7-11,16H2,1H3. The fourth-order valence-electron chi connectivity index (χ4n) is 2.87. The summed E-state index contributed by atoms with van der Waals surface area (Å²) in [5, 5.41) is 10.7. The first kappa shape index (κ1) is 14.7. The number of aliphatic hydroxyl groups excluding tert-OH is 1. The van der Waals surface area contributed by atoms with Crippen molar-refractivity contribution in [3.8, 4) is 5.75 Å². The van der Waals surface area contributed by atoms with Gasteiger partial charge in [0.1, 0.15) is 5.75 Å². The highest BCUT2D eigenvalue weighted by atomic mass is 32.2. The number of aliphatic hydroxyl groups is 1. The molecule has 3 nitrogen and oxygen atoms in total. The van der Waals surface area contributed by atoms with Crippen molar-refractivity contribution in [1.82, 2.24) is 0 Å². The van der Waals surface area contributed by atoms with Crippen molar-refractivity contribution in [2.75, 3.05) is 25.2 Å². The second kappa shape index (κ2) is 6.64. The molecule has 106 valence electrons. The molecule has 0 amide bonds. The van der Waals surface area contributed by atoms with Crippen LogP contribution in [0.2, 0.25) is 0 Å². The van der Waals surface area contributed by atoms with E-state index in [9.17, 15) is 5.11 Å². The maximum atomic E-state index is 10.7. The van der Waals surface area contributed by atoms with Gasteiger partial charge in [-0.05, 0) is 37.3 Å². The van der Waals surface area contributed by atoms with Gasteiger partial charge in [0.25, 0.3) is 0 Å². The minimum absolute atomic E-state index is 0.340. The molecule has 1 aliphatic heterocycles. The highest BCUT2D eigenvalue weighted by Gasteiger charge is 2.42. The van der Waals surface area contributed by atoms with Crippen LogP contribution in [-0.4, -0.2) is 36.4 Å². The second-order valence-corrected chi connectivity index (χ2v) is 6.09. The lowest BCUT2D eigenvalue weighted by Crippen LogP contribution is -2.49. The molecule has 1 aliphatic rings. The molecule has 0 radical (unpaired) electrons. The zero-order valence-electron chi connectivity index (χ0n) is 11.5. The number of ether oxygens (including phenoxy) is 1. The zero-order valence-corrected chi connectivity index (χ0v) is 12.3. The van der Waals surface area contributed by atoms with E-state index in [1.807, 2.05) is 36.0 Å². The Hall–Kier alpha value is -0.710. The van der Waals surface area contributed by atoms with Crippen LogP contribution in [-0.2, 0) is 5.41 Å². The molecule has 2 atom stereocenters. The lowest BCUT2D eigenvalue weighted by molar-refractivity contribution is 0.0477. The van der Waals surface area contributed by atoms with Crippen molar-refractivity contribution in [2.24, 2.45) is 5.73 Å². The molecule has 3 N–H and O–H groups in total. The van der Waals surface area contributed by atoms with E-state index in [-0.39, 0.29) is 5.41 Å². The average molecular weight is 281 g/mol. The highest BCUT2D eigenvalue weighted by molar-refractivity contribution is 7.98. The molecular formula is C15H23NO2S. The van der Waals surface area contributed by atoms with E-state index >= 15 is 0 Å². The molecule has 0 spiro atoms. The topological polar surface area (TPSA) is 55.5 Å². The summed E-state index contributed by atoms with van der Waals surface area (Å²) >= 11 is 1.82. The number of rotatable bonds is 6. The van der Waals surface area contributed by atoms with Crippen LogP contribution in [0.4, 0.5) is 0 Å². The number of hydrogen-bond donors (Lipinski definition) is 2. The predicted molar refractivity (Wildman–Crippen MR) is 80.9 cm³/mol. The molecular weight excluding hydrogens is 258 g/mol. The SMILES string of the molecule is CSCCCC(O)C1(CN)CCOc2ccccc21. The molecule has 0 saturated carbocycles. The fourth-order valence-corrected chi connectivity index (χ4v) is 3.33. The Bertz CT molecular complexity index is 413. The van der Waals surface area contributed by atoms with Crippen molar-refractivity contribution in [3.63, 3.8) is 0 Å². The minimum Gasteiger partial charge on any atom is -0.493 e. The quantitative estimate of drug-likeness (QED) is 0.785. The van der Waals surface area contributed by atoms with Crippen LogP contribution in [0.1, 0.15) is 24.8 Å². The smallest absolute Gasteiger partial charge is 0.123 e. The number of fused-ring (bicyclic) bond motifs is 1. The molecule has 0 aromatic heterocycles. The Balaban J connectivity index is 2.23. The molecule has 0 saturated heterocycles. The molecule has 1 aromatic carbocycles. The number of para-hydroxylation sites is 1. The first-order valence-corrected chi connectivity index (χ1v) is 8.23. The van der Waals surface area contributed by atoms with Gasteiger partial charge >= 0.3 is 0 Å². The molecule has 0 aliphatic carbocycles. The van der Waals surface area contributed by atoms with Gasteiger partial charge < -0.3 is 15.6 Å². The van der Waals surface area contributed by atoms with Crippen LogP contribution in [0.3, 0.4) is 0 Å². The Morgan fingerprint density at radius 1 is 1.47 bits per heavy atom. The summed E-state index contributed by atoms with van der Waals surface area (Å²) in [5.41, 5.74) is 6.77. The molecule has 4 heteroatoms. The van der Waals surface area contributed by atoms with Crippen LogP contribution in [0.15, 0.2) is 24.3 Å². The van der Waals surface area contributed by atoms with Gasteiger partial charge in [-0.15, -0.1) is 0 Å². The first-order valence-electron chi connectivity index (χ1n) is 6.84. The molecule has 0 fully saturated rings. The van der Waals surface area contributed by atoms with Crippen LogP contribution in [0.5, 0.6) is 5.75 Å². The largest absolute Gasteiger partial charge is 0.493 e. The third-order valence-electron chi connectivity index (χ3n) is 4.06. The van der Waals surface area contributed by atoms with Gasteiger partial charge in [0, 0.05) is 17.5 Å². The van der Waals surface area contributed by atoms with Crippen molar-refractivity contribution in [1.29, 1.82) is 0 Å². The summed E-state index contributed by atoms with van der Waals surface area (Å²) in [5.74, 6) is 1.96. The van der Waals surface area contributed by atoms with E-state index < -0.39 is 6.10 Å². The summed E-state index contributed by atoms with van der Waals surface area (Å²) in [6.45, 7) is 1.10. The molecule has 2 unspecified atom stereocenters. The predicted octanol–water partition coefficient (Wildman–Crippen LogP) is 2.17. The van der Waals surface area contributed by atoms with E-state index in [1.54, 1.807) is 0 Å². The van der Waals surface area contributed by atoms with E-state index in [0.29, 0.717) is 13.2 Å². The summed E-state index contributed by atoms with van der Waals surface area (Å²) < 4.78 is 5.69. The fraction of sp³-hybridized carbons (Fsp3) is 0.600. The number of benzene rings is 1. The van der Waals surface area contributed by atoms with Crippen molar-refractivity contribution in [3.05, 3.63) is 29.8 Å². The van der Waals surface area contributed by atoms with Crippen molar-refractivity contribution < 1.29 is 9.84 Å². The van der Waals surface area contributed by atoms with Gasteiger partial charge in [-0.3, -0.25) is 0 Å². The Morgan fingerprint density at radius 2 is 2.26 bits per heavy atom. The molecule has 2 rings (SSSR count). The van der Waals surface area contributed by atoms with E-state index in [0.717, 1.165) is 36.3 Å². The number of hydrogen-bond acceptors (Lipinski definition) is 4. The van der Waals surface area contributed by atoms with E-state index in [1.165, 1.54) is 0 Å². The third kappa shape index (κ3) is 2.91. The number of nitrogens with two attached hydrogens (primary N) is 1. The molecule has 1 heterocycles. The first-order chi connectivity index (χ1) is 9.24. The lowest BCUT2D eigenvalue weighted by atomic mass is 9.70. The zero-order chi connectivity index (χ0) is 13.7. The van der Waals surface area contributed by atoms with Gasteiger partial charge in [0.15, 0.2) is 0 Å². The van der Waals surface area contributed by atoms with Crippen LogP contribution < -0.4 is 10.5 Å². The van der Waals surface area contributed by atoms with Gasteiger partial charge in [-0.25, -0.2) is 0 Å². The average Bonchev–Trinajstić information content (AvgIpc) is 2.46. The minimum atomic E-state index is -0.394. The maximum Gasteiger partial charge on any atom is 0.123 e. The molecule has 1 aromatic rings. The molecule has 0 bridgehead atoms. The van der Waals surface area contributed by atoms with Gasteiger partial charge in [-0.2, -0.15) is 11.8 Å². The Labute approximate surface area is 119 Å². The third-order valence-corrected chi connectivity index (χ3v) is 4.75. The Morgan fingerprint density at radius 3 is 3.00 bits per heavy atom.